The van der Waals surface area contributed by atoms with Crippen LogP contribution in [0.15, 0.2) is 72.1 Å². The van der Waals surface area contributed by atoms with E-state index in [4.69, 9.17) is 9.72 Å². The number of hydrogen-bond acceptors (Lipinski definition) is 4. The first kappa shape index (κ1) is 15.5. The van der Waals surface area contributed by atoms with Gasteiger partial charge in [0.2, 0.25) is 5.78 Å². The van der Waals surface area contributed by atoms with Crippen LogP contribution >= 0.6 is 11.3 Å². The van der Waals surface area contributed by atoms with Crippen LogP contribution in [0.1, 0.15) is 15.2 Å². The molecule has 0 saturated carbocycles. The molecule has 4 heteroatoms. The summed E-state index contributed by atoms with van der Waals surface area (Å²) in [7, 11) is 1.63. The van der Waals surface area contributed by atoms with Crippen LogP contribution < -0.4 is 4.74 Å². The third-order valence-corrected chi connectivity index (χ3v) is 4.93. The molecule has 2 aromatic carbocycles. The summed E-state index contributed by atoms with van der Waals surface area (Å²) in [4.78, 5) is 18.5. The van der Waals surface area contributed by atoms with Gasteiger partial charge in [-0.1, -0.05) is 36.4 Å². The number of fused-ring (bicyclic) bond motifs is 1. The Balaban J connectivity index is 1.97. The number of ether oxygens (including phenoxy) is 1. The van der Waals surface area contributed by atoms with Crippen molar-refractivity contribution in [2.75, 3.05) is 7.11 Å². The number of pyridine rings is 1. The number of carbonyl (C=O) groups is 1. The Hall–Kier alpha value is -2.98. The van der Waals surface area contributed by atoms with Gasteiger partial charge in [0.25, 0.3) is 0 Å². The van der Waals surface area contributed by atoms with Gasteiger partial charge in [-0.3, -0.25) is 4.79 Å². The molecule has 0 radical (unpaired) electrons. The minimum absolute atomic E-state index is 0.00827. The van der Waals surface area contributed by atoms with Crippen molar-refractivity contribution in [3.05, 3.63) is 82.6 Å². The third-order valence-electron chi connectivity index (χ3n) is 4.06. The molecule has 0 amide bonds. The van der Waals surface area contributed by atoms with E-state index in [2.05, 4.69) is 0 Å². The van der Waals surface area contributed by atoms with E-state index in [1.807, 2.05) is 72.1 Å². The normalized spacial score (nSPS) is 10.8. The summed E-state index contributed by atoms with van der Waals surface area (Å²) in [5, 5.41) is 2.80. The molecular weight excluding hydrogens is 330 g/mol. The Bertz CT molecular complexity index is 1040. The van der Waals surface area contributed by atoms with Crippen molar-refractivity contribution in [3.8, 4) is 17.0 Å². The SMILES string of the molecule is COc1ccc2nc(-c3ccccc3)c(C(=O)c3cccs3)cc2c1. The van der Waals surface area contributed by atoms with Crippen molar-refractivity contribution in [1.82, 2.24) is 4.98 Å². The topological polar surface area (TPSA) is 39.2 Å². The lowest BCUT2D eigenvalue weighted by molar-refractivity contribution is 0.104. The van der Waals surface area contributed by atoms with E-state index in [0.717, 1.165) is 22.2 Å². The van der Waals surface area contributed by atoms with Crippen molar-refractivity contribution in [1.29, 1.82) is 0 Å². The molecule has 122 valence electrons. The second-order valence-corrected chi connectivity index (χ2v) is 6.56. The largest absolute Gasteiger partial charge is 0.497 e. The summed E-state index contributed by atoms with van der Waals surface area (Å²) in [6.07, 6.45) is 0. The van der Waals surface area contributed by atoms with Gasteiger partial charge >= 0.3 is 0 Å². The molecule has 0 bridgehead atoms. The maximum atomic E-state index is 13.0. The number of benzene rings is 2. The van der Waals surface area contributed by atoms with Gasteiger partial charge in [-0.25, -0.2) is 4.98 Å². The summed E-state index contributed by atoms with van der Waals surface area (Å²) in [6.45, 7) is 0. The van der Waals surface area contributed by atoms with E-state index >= 15 is 0 Å². The van der Waals surface area contributed by atoms with Gasteiger partial charge in [0.05, 0.1) is 28.8 Å². The third kappa shape index (κ3) is 2.92. The first-order chi connectivity index (χ1) is 12.3. The number of carbonyl (C=O) groups excluding carboxylic acids is 1. The molecule has 0 saturated heterocycles. The van der Waals surface area contributed by atoms with Gasteiger partial charge in [-0.2, -0.15) is 0 Å². The van der Waals surface area contributed by atoms with Gasteiger partial charge in [-0.05, 0) is 35.7 Å². The summed E-state index contributed by atoms with van der Waals surface area (Å²) in [6, 6.07) is 21.2. The van der Waals surface area contributed by atoms with Gasteiger partial charge in [0, 0.05) is 10.9 Å². The number of hydrogen-bond donors (Lipinski definition) is 0. The van der Waals surface area contributed by atoms with Gasteiger partial charge < -0.3 is 4.74 Å². The average molecular weight is 345 g/mol. The molecule has 0 spiro atoms. The van der Waals surface area contributed by atoms with E-state index in [1.165, 1.54) is 11.3 Å². The predicted octanol–water partition coefficient (Wildman–Crippen LogP) is 5.20. The molecule has 2 aromatic heterocycles. The molecule has 0 aliphatic heterocycles. The average Bonchev–Trinajstić information content (AvgIpc) is 3.21. The van der Waals surface area contributed by atoms with E-state index < -0.39 is 0 Å². The molecular formula is C21H15NO2S. The van der Waals surface area contributed by atoms with Crippen LogP contribution in [-0.4, -0.2) is 17.9 Å². The highest BCUT2D eigenvalue weighted by molar-refractivity contribution is 7.12. The van der Waals surface area contributed by atoms with E-state index in [0.29, 0.717) is 16.1 Å². The Morgan fingerprint density at radius 2 is 1.84 bits per heavy atom. The van der Waals surface area contributed by atoms with Crippen LogP contribution in [0.5, 0.6) is 5.75 Å². The molecule has 4 rings (SSSR count). The van der Waals surface area contributed by atoms with Crippen molar-refractivity contribution >= 4 is 28.0 Å². The minimum Gasteiger partial charge on any atom is -0.497 e. The molecule has 0 aliphatic carbocycles. The van der Waals surface area contributed by atoms with Crippen molar-refractivity contribution in [3.63, 3.8) is 0 Å². The first-order valence-corrected chi connectivity index (χ1v) is 8.76. The van der Waals surface area contributed by atoms with Crippen LogP contribution in [0.2, 0.25) is 0 Å². The van der Waals surface area contributed by atoms with Gasteiger partial charge in [0.15, 0.2) is 0 Å². The summed E-state index contributed by atoms with van der Waals surface area (Å²) >= 11 is 1.44. The molecule has 0 aliphatic rings. The highest BCUT2D eigenvalue weighted by Crippen LogP contribution is 2.30. The van der Waals surface area contributed by atoms with Crippen molar-refractivity contribution in [2.45, 2.75) is 0 Å². The van der Waals surface area contributed by atoms with Gasteiger partial charge in [0.1, 0.15) is 5.75 Å². The van der Waals surface area contributed by atoms with Crippen LogP contribution in [0.25, 0.3) is 22.2 Å². The zero-order valence-corrected chi connectivity index (χ0v) is 14.4. The van der Waals surface area contributed by atoms with Crippen LogP contribution in [0, 0.1) is 0 Å². The summed E-state index contributed by atoms with van der Waals surface area (Å²) in [5.41, 5.74) is 3.08. The number of nitrogens with zero attached hydrogens (tertiary/aromatic N) is 1. The molecule has 0 atom stereocenters. The number of methoxy groups -OCH3 is 1. The highest BCUT2D eigenvalue weighted by atomic mass is 32.1. The first-order valence-electron chi connectivity index (χ1n) is 7.88. The van der Waals surface area contributed by atoms with E-state index in [9.17, 15) is 4.79 Å². The molecule has 4 aromatic rings. The van der Waals surface area contributed by atoms with Crippen LogP contribution in [0.4, 0.5) is 0 Å². The minimum atomic E-state index is -0.00827. The fourth-order valence-electron chi connectivity index (χ4n) is 2.81. The highest BCUT2D eigenvalue weighted by Gasteiger charge is 2.18. The Morgan fingerprint density at radius 3 is 2.56 bits per heavy atom. The van der Waals surface area contributed by atoms with Crippen LogP contribution in [0.3, 0.4) is 0 Å². The lowest BCUT2D eigenvalue weighted by atomic mass is 9.99. The molecule has 0 unspecified atom stereocenters. The number of aromatic nitrogens is 1. The fraction of sp³-hybridized carbons (Fsp3) is 0.0476. The Morgan fingerprint density at radius 1 is 1.00 bits per heavy atom. The molecule has 2 heterocycles. The standard InChI is InChI=1S/C21H15NO2S/c1-24-16-9-10-18-15(12-16)13-17(21(23)19-8-5-11-25-19)20(22-18)14-6-3-2-4-7-14/h2-13H,1H3. The zero-order chi connectivity index (χ0) is 17.2. The van der Waals surface area contributed by atoms with Crippen molar-refractivity contribution in [2.24, 2.45) is 0 Å². The van der Waals surface area contributed by atoms with Crippen molar-refractivity contribution < 1.29 is 9.53 Å². The second-order valence-electron chi connectivity index (χ2n) is 5.62. The lowest BCUT2D eigenvalue weighted by Gasteiger charge is -2.10. The number of rotatable bonds is 4. The smallest absolute Gasteiger partial charge is 0.205 e. The lowest BCUT2D eigenvalue weighted by Crippen LogP contribution is -2.04. The Kier molecular flexibility index (Phi) is 4.04. The Labute approximate surface area is 149 Å². The molecule has 0 fully saturated rings. The number of ketones is 1. The predicted molar refractivity (Wildman–Crippen MR) is 101 cm³/mol. The zero-order valence-electron chi connectivity index (χ0n) is 13.6. The molecule has 3 nitrogen and oxygen atoms in total. The monoisotopic (exact) mass is 345 g/mol. The summed E-state index contributed by atoms with van der Waals surface area (Å²) in [5.74, 6) is 0.738. The van der Waals surface area contributed by atoms with Crippen LogP contribution in [-0.2, 0) is 0 Å². The quantitative estimate of drug-likeness (QED) is 0.477. The summed E-state index contributed by atoms with van der Waals surface area (Å²) < 4.78 is 5.30. The fourth-order valence-corrected chi connectivity index (χ4v) is 3.49. The van der Waals surface area contributed by atoms with Gasteiger partial charge in [-0.15, -0.1) is 11.3 Å². The number of thiophene rings is 1. The molecule has 0 N–H and O–H groups in total. The van der Waals surface area contributed by atoms with E-state index in [1.54, 1.807) is 7.11 Å². The maximum Gasteiger partial charge on any atom is 0.205 e. The maximum absolute atomic E-state index is 13.0. The van der Waals surface area contributed by atoms with E-state index in [-0.39, 0.29) is 5.78 Å². The second kappa shape index (κ2) is 6.49. The molecule has 25 heavy (non-hydrogen) atoms.